The molecule has 1 aromatic heterocycles. The summed E-state index contributed by atoms with van der Waals surface area (Å²) in [6.45, 7) is 0.805. The lowest BCUT2D eigenvalue weighted by molar-refractivity contribution is -0.140. The number of nitrogens with zero attached hydrogens (tertiary/aromatic N) is 1. The summed E-state index contributed by atoms with van der Waals surface area (Å²) in [7, 11) is 0. The highest BCUT2D eigenvalue weighted by atomic mass is 79.9. The fraction of sp³-hybridized carbons (Fsp3) is 0.545. The number of hydrogen-bond acceptors (Lipinski definition) is 2. The summed E-state index contributed by atoms with van der Waals surface area (Å²) in [5.74, 6) is -0.567. The van der Waals surface area contributed by atoms with Crippen LogP contribution in [0.2, 0.25) is 0 Å². The summed E-state index contributed by atoms with van der Waals surface area (Å²) in [5, 5.41) is 1.56. The molecule has 1 heterocycles. The minimum atomic E-state index is -4.36. The maximum absolute atomic E-state index is 12.4. The van der Waals surface area contributed by atoms with Crippen LogP contribution in [-0.2, 0) is 0 Å². The summed E-state index contributed by atoms with van der Waals surface area (Å²) in [6.07, 6.45) is -3.06. The SMILES string of the molecule is CCCCN(CC(F)(F)F)C(=O)c1csc(Br)c1. The Morgan fingerprint density at radius 3 is 2.61 bits per heavy atom. The van der Waals surface area contributed by atoms with Crippen molar-refractivity contribution in [3.63, 3.8) is 0 Å². The van der Waals surface area contributed by atoms with Crippen LogP contribution in [0, 0.1) is 0 Å². The van der Waals surface area contributed by atoms with Crippen molar-refractivity contribution >= 4 is 33.2 Å². The molecule has 2 nitrogen and oxygen atoms in total. The second kappa shape index (κ2) is 6.56. The van der Waals surface area contributed by atoms with E-state index in [2.05, 4.69) is 15.9 Å². The molecule has 0 spiro atoms. The minimum Gasteiger partial charge on any atom is -0.330 e. The summed E-state index contributed by atoms with van der Waals surface area (Å²) in [4.78, 5) is 12.8. The van der Waals surface area contributed by atoms with E-state index in [1.807, 2.05) is 6.92 Å². The topological polar surface area (TPSA) is 20.3 Å². The number of thiophene rings is 1. The van der Waals surface area contributed by atoms with Gasteiger partial charge in [-0.3, -0.25) is 4.79 Å². The third kappa shape index (κ3) is 4.97. The van der Waals surface area contributed by atoms with Gasteiger partial charge in [0, 0.05) is 11.9 Å². The molecule has 7 heteroatoms. The normalized spacial score (nSPS) is 11.6. The van der Waals surface area contributed by atoms with E-state index < -0.39 is 18.6 Å². The number of amides is 1. The largest absolute Gasteiger partial charge is 0.406 e. The number of rotatable bonds is 5. The first-order valence-corrected chi connectivity index (χ1v) is 7.11. The van der Waals surface area contributed by atoms with Crippen LogP contribution in [0.4, 0.5) is 13.2 Å². The first-order chi connectivity index (χ1) is 8.33. The van der Waals surface area contributed by atoms with Crippen molar-refractivity contribution in [1.29, 1.82) is 0 Å². The molecule has 0 N–H and O–H groups in total. The highest BCUT2D eigenvalue weighted by molar-refractivity contribution is 9.11. The molecule has 0 aliphatic carbocycles. The molecule has 102 valence electrons. The Balaban J connectivity index is 2.78. The van der Waals surface area contributed by atoms with Crippen LogP contribution >= 0.6 is 27.3 Å². The molecule has 0 saturated carbocycles. The van der Waals surface area contributed by atoms with Crippen LogP contribution in [0.15, 0.2) is 15.2 Å². The third-order valence-electron chi connectivity index (χ3n) is 2.25. The van der Waals surface area contributed by atoms with Crippen molar-refractivity contribution in [3.05, 3.63) is 20.8 Å². The Morgan fingerprint density at radius 1 is 1.50 bits per heavy atom. The summed E-state index contributed by atoms with van der Waals surface area (Å²) < 4.78 is 38.0. The Bertz CT molecular complexity index is 405. The molecule has 0 aliphatic rings. The van der Waals surface area contributed by atoms with Gasteiger partial charge >= 0.3 is 6.18 Å². The molecular weight excluding hydrogens is 331 g/mol. The highest BCUT2D eigenvalue weighted by Crippen LogP contribution is 2.24. The van der Waals surface area contributed by atoms with Crippen LogP contribution in [0.25, 0.3) is 0 Å². The molecule has 0 aromatic carbocycles. The Kier molecular flexibility index (Phi) is 5.65. The molecule has 1 rings (SSSR count). The van der Waals surface area contributed by atoms with Crippen molar-refractivity contribution in [2.24, 2.45) is 0 Å². The van der Waals surface area contributed by atoms with Crippen molar-refractivity contribution in [2.75, 3.05) is 13.1 Å². The maximum Gasteiger partial charge on any atom is 0.406 e. The van der Waals surface area contributed by atoms with Crippen LogP contribution in [0.3, 0.4) is 0 Å². The van der Waals surface area contributed by atoms with Gasteiger partial charge in [0.2, 0.25) is 0 Å². The van der Waals surface area contributed by atoms with E-state index in [9.17, 15) is 18.0 Å². The van der Waals surface area contributed by atoms with E-state index in [-0.39, 0.29) is 6.54 Å². The average molecular weight is 344 g/mol. The lowest BCUT2D eigenvalue weighted by atomic mass is 10.2. The van der Waals surface area contributed by atoms with Crippen LogP contribution in [-0.4, -0.2) is 30.1 Å². The second-order valence-corrected chi connectivity index (χ2v) is 6.13. The molecule has 0 aliphatic heterocycles. The first kappa shape index (κ1) is 15.5. The summed E-state index contributed by atoms with van der Waals surface area (Å²) >= 11 is 4.47. The first-order valence-electron chi connectivity index (χ1n) is 5.43. The molecular formula is C11H13BrF3NOS. The van der Waals surface area contributed by atoms with E-state index in [1.165, 1.54) is 11.3 Å². The van der Waals surface area contributed by atoms with E-state index in [0.717, 1.165) is 15.1 Å². The molecule has 0 saturated heterocycles. The quantitative estimate of drug-likeness (QED) is 0.779. The number of halogens is 4. The molecule has 0 fully saturated rings. The predicted molar refractivity (Wildman–Crippen MR) is 68.9 cm³/mol. The Morgan fingerprint density at radius 2 is 2.17 bits per heavy atom. The maximum atomic E-state index is 12.4. The van der Waals surface area contributed by atoms with Gasteiger partial charge in [-0.05, 0) is 28.4 Å². The van der Waals surface area contributed by atoms with Gasteiger partial charge in [0.15, 0.2) is 0 Å². The van der Waals surface area contributed by atoms with Crippen LogP contribution in [0.5, 0.6) is 0 Å². The van der Waals surface area contributed by atoms with E-state index >= 15 is 0 Å². The smallest absolute Gasteiger partial charge is 0.330 e. The Hall–Kier alpha value is -0.560. The second-order valence-electron chi connectivity index (χ2n) is 3.83. The molecule has 0 bridgehead atoms. The van der Waals surface area contributed by atoms with E-state index in [0.29, 0.717) is 12.0 Å². The summed E-state index contributed by atoms with van der Waals surface area (Å²) in [5.41, 5.74) is 0.298. The lowest BCUT2D eigenvalue weighted by Gasteiger charge is -2.23. The van der Waals surface area contributed by atoms with Gasteiger partial charge in [0.1, 0.15) is 6.54 Å². The van der Waals surface area contributed by atoms with E-state index in [1.54, 1.807) is 11.4 Å². The lowest BCUT2D eigenvalue weighted by Crippen LogP contribution is -2.39. The molecule has 0 atom stereocenters. The van der Waals surface area contributed by atoms with Gasteiger partial charge < -0.3 is 4.90 Å². The van der Waals surface area contributed by atoms with E-state index in [4.69, 9.17) is 0 Å². The van der Waals surface area contributed by atoms with Gasteiger partial charge in [0.05, 0.1) is 9.35 Å². The fourth-order valence-corrected chi connectivity index (χ4v) is 2.55. The molecule has 18 heavy (non-hydrogen) atoms. The third-order valence-corrected chi connectivity index (χ3v) is 3.76. The van der Waals surface area contributed by atoms with Gasteiger partial charge in [-0.1, -0.05) is 13.3 Å². The number of unbranched alkanes of at least 4 members (excludes halogenated alkanes) is 1. The minimum absolute atomic E-state index is 0.127. The highest BCUT2D eigenvalue weighted by Gasteiger charge is 2.33. The van der Waals surface area contributed by atoms with Crippen LogP contribution < -0.4 is 0 Å². The molecule has 0 unspecified atom stereocenters. The zero-order valence-corrected chi connectivity index (χ0v) is 12.2. The average Bonchev–Trinajstić information content (AvgIpc) is 2.68. The number of carbonyl (C=O) groups is 1. The van der Waals surface area contributed by atoms with Crippen molar-refractivity contribution in [2.45, 2.75) is 25.9 Å². The Labute approximate surface area is 116 Å². The van der Waals surface area contributed by atoms with Gasteiger partial charge in [-0.2, -0.15) is 13.2 Å². The van der Waals surface area contributed by atoms with Crippen molar-refractivity contribution in [1.82, 2.24) is 4.90 Å². The van der Waals surface area contributed by atoms with Crippen molar-refractivity contribution < 1.29 is 18.0 Å². The summed E-state index contributed by atoms with van der Waals surface area (Å²) in [6, 6.07) is 1.54. The zero-order valence-electron chi connectivity index (χ0n) is 9.76. The van der Waals surface area contributed by atoms with Gasteiger partial charge in [-0.15, -0.1) is 11.3 Å². The number of carbonyl (C=O) groups excluding carboxylic acids is 1. The predicted octanol–water partition coefficient (Wildman–Crippen LogP) is 4.32. The standard InChI is InChI=1S/C11H13BrF3NOS/c1-2-3-4-16(7-11(13,14)15)10(17)8-5-9(12)18-6-8/h5-6H,2-4,7H2,1H3. The molecule has 1 aromatic rings. The van der Waals surface area contributed by atoms with Crippen molar-refractivity contribution in [3.8, 4) is 0 Å². The zero-order chi connectivity index (χ0) is 13.8. The van der Waals surface area contributed by atoms with Gasteiger partial charge in [-0.25, -0.2) is 0 Å². The molecule has 0 radical (unpaired) electrons. The number of alkyl halides is 3. The molecule has 1 amide bonds. The number of hydrogen-bond donors (Lipinski definition) is 0. The van der Waals surface area contributed by atoms with Crippen LogP contribution in [0.1, 0.15) is 30.1 Å². The fourth-order valence-electron chi connectivity index (χ4n) is 1.42. The van der Waals surface area contributed by atoms with Gasteiger partial charge in [0.25, 0.3) is 5.91 Å². The monoisotopic (exact) mass is 343 g/mol.